The number of carbonyl (C=O) groups is 1. The molecule has 0 fully saturated rings. The van der Waals surface area contributed by atoms with E-state index in [2.05, 4.69) is 5.32 Å². The lowest BCUT2D eigenvalue weighted by atomic mass is 10.1. The number of amides is 1. The monoisotopic (exact) mass is 203 g/mol. The molecule has 0 radical (unpaired) electrons. The summed E-state index contributed by atoms with van der Waals surface area (Å²) in [4.78, 5) is 10.8. The van der Waals surface area contributed by atoms with Gasteiger partial charge in [0.2, 0.25) is 5.91 Å². The van der Waals surface area contributed by atoms with Crippen molar-refractivity contribution in [3.05, 3.63) is 35.9 Å². The van der Waals surface area contributed by atoms with Crippen LogP contribution in [0.5, 0.6) is 0 Å². The first-order valence-corrected chi connectivity index (χ1v) is 4.47. The molecular formula is C11H13N3O. The molecule has 0 aliphatic rings. The highest BCUT2D eigenvalue weighted by Crippen LogP contribution is 2.13. The van der Waals surface area contributed by atoms with E-state index in [0.717, 1.165) is 17.5 Å². The van der Waals surface area contributed by atoms with E-state index in [1.54, 1.807) is 24.3 Å². The number of benzene rings is 1. The van der Waals surface area contributed by atoms with E-state index in [0.29, 0.717) is 5.70 Å². The van der Waals surface area contributed by atoms with Gasteiger partial charge in [0.15, 0.2) is 0 Å². The summed E-state index contributed by atoms with van der Waals surface area (Å²) < 4.78 is 0. The molecule has 4 nitrogen and oxygen atoms in total. The second kappa shape index (κ2) is 4.95. The Morgan fingerprint density at radius 2 is 2.00 bits per heavy atom. The summed E-state index contributed by atoms with van der Waals surface area (Å²) in [6.07, 6.45) is 2.64. The maximum Gasteiger partial charge on any atom is 0.221 e. The van der Waals surface area contributed by atoms with Gasteiger partial charge in [0.1, 0.15) is 0 Å². The Hall–Kier alpha value is -2.10. The van der Waals surface area contributed by atoms with Gasteiger partial charge in [0.25, 0.3) is 0 Å². The van der Waals surface area contributed by atoms with Crippen LogP contribution in [0.3, 0.4) is 0 Å². The summed E-state index contributed by atoms with van der Waals surface area (Å²) >= 11 is 0. The number of nitrogens with two attached hydrogens (primary N) is 1. The van der Waals surface area contributed by atoms with Gasteiger partial charge in [0.05, 0.1) is 0 Å². The lowest BCUT2D eigenvalue weighted by molar-refractivity contribution is -0.114. The molecule has 0 aliphatic heterocycles. The lowest BCUT2D eigenvalue weighted by Gasteiger charge is -2.04. The third-order valence-electron chi connectivity index (χ3n) is 1.80. The van der Waals surface area contributed by atoms with Gasteiger partial charge in [-0.25, -0.2) is 0 Å². The van der Waals surface area contributed by atoms with Crippen molar-refractivity contribution in [1.29, 1.82) is 5.41 Å². The standard InChI is InChI=1S/C11H13N3O/c1-8(15)14-10-4-2-9(3-5-10)11(13)6-7-12/h2-7,12H,13H2,1H3,(H,14,15)/b11-6-,12-7?. The first-order valence-electron chi connectivity index (χ1n) is 4.47. The molecule has 0 spiro atoms. The number of allylic oxidation sites excluding steroid dienone is 1. The number of anilines is 1. The highest BCUT2D eigenvalue weighted by molar-refractivity contribution is 5.89. The number of carbonyl (C=O) groups excluding carboxylic acids is 1. The Morgan fingerprint density at radius 1 is 1.40 bits per heavy atom. The number of hydrogen-bond donors (Lipinski definition) is 3. The minimum Gasteiger partial charge on any atom is -0.398 e. The summed E-state index contributed by atoms with van der Waals surface area (Å²) in [5.74, 6) is -0.106. The first-order chi connectivity index (χ1) is 7.13. The van der Waals surface area contributed by atoms with Gasteiger partial charge in [-0.2, -0.15) is 0 Å². The predicted molar refractivity (Wildman–Crippen MR) is 61.7 cm³/mol. The van der Waals surface area contributed by atoms with E-state index in [1.807, 2.05) is 0 Å². The van der Waals surface area contributed by atoms with Gasteiger partial charge in [0, 0.05) is 24.5 Å². The largest absolute Gasteiger partial charge is 0.398 e. The summed E-state index contributed by atoms with van der Waals surface area (Å²) in [7, 11) is 0. The zero-order chi connectivity index (χ0) is 11.3. The highest BCUT2D eigenvalue weighted by Gasteiger charge is 1.97. The normalized spacial score (nSPS) is 10.9. The van der Waals surface area contributed by atoms with Crippen molar-refractivity contribution in [3.8, 4) is 0 Å². The average molecular weight is 203 g/mol. The Bertz CT molecular complexity index is 393. The van der Waals surface area contributed by atoms with Crippen LogP contribution < -0.4 is 11.1 Å². The van der Waals surface area contributed by atoms with Gasteiger partial charge in [-0.05, 0) is 23.8 Å². The molecular weight excluding hydrogens is 190 g/mol. The van der Waals surface area contributed by atoms with Crippen LogP contribution in [0.4, 0.5) is 5.69 Å². The summed E-state index contributed by atoms with van der Waals surface area (Å²) in [6, 6.07) is 7.12. The fraction of sp³-hybridized carbons (Fsp3) is 0.0909. The smallest absolute Gasteiger partial charge is 0.221 e. The molecule has 15 heavy (non-hydrogen) atoms. The van der Waals surface area contributed by atoms with E-state index in [9.17, 15) is 4.79 Å². The van der Waals surface area contributed by atoms with Crippen LogP contribution in [0, 0.1) is 5.41 Å². The fourth-order valence-corrected chi connectivity index (χ4v) is 1.14. The number of hydrogen-bond acceptors (Lipinski definition) is 3. The van der Waals surface area contributed by atoms with Crippen molar-refractivity contribution in [2.75, 3.05) is 5.32 Å². The van der Waals surface area contributed by atoms with Gasteiger partial charge < -0.3 is 16.5 Å². The zero-order valence-corrected chi connectivity index (χ0v) is 8.45. The molecule has 78 valence electrons. The minimum absolute atomic E-state index is 0.106. The predicted octanol–water partition coefficient (Wildman–Crippen LogP) is 1.59. The number of rotatable bonds is 3. The van der Waals surface area contributed by atoms with Crippen LogP contribution >= 0.6 is 0 Å². The molecule has 0 saturated heterocycles. The van der Waals surface area contributed by atoms with Crippen LogP contribution in [0.25, 0.3) is 5.70 Å². The zero-order valence-electron chi connectivity index (χ0n) is 8.45. The van der Waals surface area contributed by atoms with E-state index < -0.39 is 0 Å². The van der Waals surface area contributed by atoms with Gasteiger partial charge in [-0.3, -0.25) is 4.79 Å². The molecule has 1 rings (SSSR count). The lowest BCUT2D eigenvalue weighted by Crippen LogP contribution is -2.05. The van der Waals surface area contributed by atoms with E-state index in [-0.39, 0.29) is 5.91 Å². The molecule has 4 heteroatoms. The van der Waals surface area contributed by atoms with Crippen molar-refractivity contribution in [1.82, 2.24) is 0 Å². The quantitative estimate of drug-likeness (QED) is 0.652. The van der Waals surface area contributed by atoms with E-state index >= 15 is 0 Å². The summed E-state index contributed by atoms with van der Waals surface area (Å²) in [5, 5.41) is 9.54. The molecule has 0 bridgehead atoms. The van der Waals surface area contributed by atoms with Crippen LogP contribution in [0.1, 0.15) is 12.5 Å². The van der Waals surface area contributed by atoms with Gasteiger partial charge in [-0.15, -0.1) is 0 Å². The number of nitrogens with one attached hydrogen (secondary N) is 2. The maximum atomic E-state index is 10.8. The Kier molecular flexibility index (Phi) is 3.62. The van der Waals surface area contributed by atoms with Crippen molar-refractivity contribution in [2.24, 2.45) is 5.73 Å². The molecule has 1 aromatic rings. The van der Waals surface area contributed by atoms with Gasteiger partial charge in [-0.1, -0.05) is 12.1 Å². The van der Waals surface area contributed by atoms with Crippen LogP contribution in [0.2, 0.25) is 0 Å². The van der Waals surface area contributed by atoms with Crippen molar-refractivity contribution >= 4 is 23.5 Å². The molecule has 0 heterocycles. The molecule has 0 aliphatic carbocycles. The molecule has 0 unspecified atom stereocenters. The minimum atomic E-state index is -0.106. The summed E-state index contributed by atoms with van der Waals surface area (Å²) in [6.45, 7) is 1.46. The molecule has 0 aromatic heterocycles. The topological polar surface area (TPSA) is 79.0 Å². The summed E-state index contributed by atoms with van der Waals surface area (Å²) in [5.41, 5.74) is 7.76. The Labute approximate surface area is 88.3 Å². The second-order valence-electron chi connectivity index (χ2n) is 3.05. The Balaban J connectivity index is 2.85. The third kappa shape index (κ3) is 3.27. The second-order valence-corrected chi connectivity index (χ2v) is 3.05. The van der Waals surface area contributed by atoms with Crippen molar-refractivity contribution < 1.29 is 4.79 Å². The van der Waals surface area contributed by atoms with Gasteiger partial charge >= 0.3 is 0 Å². The fourth-order valence-electron chi connectivity index (χ4n) is 1.14. The molecule has 1 amide bonds. The third-order valence-corrected chi connectivity index (χ3v) is 1.80. The highest BCUT2D eigenvalue weighted by atomic mass is 16.1. The van der Waals surface area contributed by atoms with E-state index in [4.69, 9.17) is 11.1 Å². The molecule has 0 atom stereocenters. The molecule has 1 aromatic carbocycles. The van der Waals surface area contributed by atoms with Crippen molar-refractivity contribution in [2.45, 2.75) is 6.92 Å². The molecule has 0 saturated carbocycles. The van der Waals surface area contributed by atoms with Crippen LogP contribution in [-0.4, -0.2) is 12.1 Å². The maximum absolute atomic E-state index is 10.8. The first kappa shape index (κ1) is 11.0. The average Bonchev–Trinajstić information content (AvgIpc) is 2.18. The Morgan fingerprint density at radius 3 is 2.47 bits per heavy atom. The van der Waals surface area contributed by atoms with E-state index in [1.165, 1.54) is 13.0 Å². The van der Waals surface area contributed by atoms with Crippen LogP contribution in [0.15, 0.2) is 30.3 Å². The SMILES string of the molecule is CC(=O)Nc1ccc(/C(N)=C/C=N)cc1. The van der Waals surface area contributed by atoms with Crippen LogP contribution in [-0.2, 0) is 4.79 Å². The van der Waals surface area contributed by atoms with Crippen molar-refractivity contribution in [3.63, 3.8) is 0 Å². The molecule has 4 N–H and O–H groups in total.